The van der Waals surface area contributed by atoms with E-state index in [0.29, 0.717) is 6.61 Å². The Morgan fingerprint density at radius 1 is 1.04 bits per heavy atom. The van der Waals surface area contributed by atoms with Crippen LogP contribution in [0.25, 0.3) is 0 Å². The van der Waals surface area contributed by atoms with Crippen molar-refractivity contribution in [3.05, 3.63) is 59.2 Å². The molecule has 2 rings (SSSR count). The number of ether oxygens (including phenoxy) is 2. The number of aryl methyl sites for hydroxylation is 1. The normalized spacial score (nSPS) is 11.0. The Hall–Kier alpha value is -2.04. The molecule has 0 saturated heterocycles. The van der Waals surface area contributed by atoms with Crippen LogP contribution in [0.4, 0.5) is 0 Å². The fraction of sp³-hybridized carbons (Fsp3) is 0.478. The molecule has 0 radical (unpaired) electrons. The van der Waals surface area contributed by atoms with Gasteiger partial charge in [-0.05, 0) is 51.2 Å². The largest absolute Gasteiger partial charge is 0.493 e. The number of para-hydroxylation sites is 1. The van der Waals surface area contributed by atoms with E-state index in [2.05, 4.69) is 61.3 Å². The van der Waals surface area contributed by atoms with E-state index in [0.717, 1.165) is 56.2 Å². The molecule has 0 bridgehead atoms. The summed E-state index contributed by atoms with van der Waals surface area (Å²) in [5.41, 5.74) is 3.54. The van der Waals surface area contributed by atoms with Crippen LogP contribution in [0.15, 0.2) is 42.5 Å². The third-order valence-corrected chi connectivity index (χ3v) is 4.78. The van der Waals surface area contributed by atoms with Crippen molar-refractivity contribution in [2.75, 3.05) is 33.3 Å². The predicted octanol–water partition coefficient (Wildman–Crippen LogP) is 4.40. The first-order valence-corrected chi connectivity index (χ1v) is 9.95. The van der Waals surface area contributed by atoms with Crippen LogP contribution in [-0.4, -0.2) is 38.2 Å². The summed E-state index contributed by atoms with van der Waals surface area (Å²) >= 11 is 0. The van der Waals surface area contributed by atoms with Crippen LogP contribution in [0.1, 0.15) is 37.0 Å². The predicted molar refractivity (Wildman–Crippen MR) is 113 cm³/mol. The smallest absolute Gasteiger partial charge is 0.166 e. The zero-order chi connectivity index (χ0) is 19.5. The van der Waals surface area contributed by atoms with E-state index in [1.807, 2.05) is 12.1 Å². The summed E-state index contributed by atoms with van der Waals surface area (Å²) < 4.78 is 11.7. The first kappa shape index (κ1) is 21.3. The van der Waals surface area contributed by atoms with Crippen LogP contribution in [0, 0.1) is 6.92 Å². The number of benzene rings is 2. The minimum Gasteiger partial charge on any atom is -0.493 e. The summed E-state index contributed by atoms with van der Waals surface area (Å²) in [6.07, 6.45) is 1.14. The van der Waals surface area contributed by atoms with Crippen LogP contribution in [-0.2, 0) is 13.2 Å². The first-order chi connectivity index (χ1) is 13.2. The lowest BCUT2D eigenvalue weighted by molar-refractivity contribution is 0.280. The lowest BCUT2D eigenvalue weighted by atomic mass is 10.1. The van der Waals surface area contributed by atoms with Gasteiger partial charge in [-0.25, -0.2) is 0 Å². The molecule has 0 aliphatic rings. The maximum Gasteiger partial charge on any atom is 0.166 e. The molecule has 2 aromatic rings. The summed E-state index contributed by atoms with van der Waals surface area (Å²) in [7, 11) is 1.69. The minimum atomic E-state index is 0.539. The molecule has 148 valence electrons. The summed E-state index contributed by atoms with van der Waals surface area (Å²) in [5, 5.41) is 3.54. The maximum atomic E-state index is 6.16. The Balaban J connectivity index is 1.93. The summed E-state index contributed by atoms with van der Waals surface area (Å²) in [5.74, 6) is 1.61. The molecule has 27 heavy (non-hydrogen) atoms. The van der Waals surface area contributed by atoms with Crippen molar-refractivity contribution in [1.82, 2.24) is 10.2 Å². The molecule has 0 saturated carbocycles. The summed E-state index contributed by atoms with van der Waals surface area (Å²) in [4.78, 5) is 2.45. The zero-order valence-corrected chi connectivity index (χ0v) is 17.3. The number of hydrogen-bond acceptors (Lipinski definition) is 4. The Morgan fingerprint density at radius 2 is 1.81 bits per heavy atom. The highest BCUT2D eigenvalue weighted by Gasteiger charge is 2.11. The van der Waals surface area contributed by atoms with E-state index < -0.39 is 0 Å². The van der Waals surface area contributed by atoms with Gasteiger partial charge in [-0.15, -0.1) is 0 Å². The molecule has 0 atom stereocenters. The number of nitrogens with zero attached hydrogens (tertiary/aromatic N) is 1. The van der Waals surface area contributed by atoms with Gasteiger partial charge in [0, 0.05) is 12.1 Å². The van der Waals surface area contributed by atoms with Gasteiger partial charge in [0.25, 0.3) is 0 Å². The molecule has 0 aromatic heterocycles. The highest BCUT2D eigenvalue weighted by atomic mass is 16.5. The van der Waals surface area contributed by atoms with Gasteiger partial charge < -0.3 is 19.7 Å². The molecule has 0 aliphatic heterocycles. The molecule has 0 spiro atoms. The van der Waals surface area contributed by atoms with Crippen molar-refractivity contribution in [2.24, 2.45) is 0 Å². The number of methoxy groups -OCH3 is 1. The molecule has 1 N–H and O–H groups in total. The van der Waals surface area contributed by atoms with E-state index in [4.69, 9.17) is 9.47 Å². The third-order valence-electron chi connectivity index (χ3n) is 4.78. The van der Waals surface area contributed by atoms with Crippen molar-refractivity contribution >= 4 is 0 Å². The molecule has 0 heterocycles. The van der Waals surface area contributed by atoms with Gasteiger partial charge in [-0.1, -0.05) is 55.8 Å². The van der Waals surface area contributed by atoms with E-state index in [1.54, 1.807) is 7.11 Å². The Kier molecular flexibility index (Phi) is 9.16. The first-order valence-electron chi connectivity index (χ1n) is 9.95. The lowest BCUT2D eigenvalue weighted by Gasteiger charge is -2.18. The van der Waals surface area contributed by atoms with Crippen molar-refractivity contribution in [3.63, 3.8) is 0 Å². The Bertz CT molecular complexity index is 684. The lowest BCUT2D eigenvalue weighted by Crippen LogP contribution is -2.27. The van der Waals surface area contributed by atoms with Gasteiger partial charge in [0.15, 0.2) is 11.5 Å². The maximum absolute atomic E-state index is 6.16. The number of rotatable bonds is 12. The average molecular weight is 371 g/mol. The van der Waals surface area contributed by atoms with Gasteiger partial charge in [-0.2, -0.15) is 0 Å². The van der Waals surface area contributed by atoms with Crippen molar-refractivity contribution in [3.8, 4) is 11.5 Å². The molecule has 0 aliphatic carbocycles. The quantitative estimate of drug-likeness (QED) is 0.561. The van der Waals surface area contributed by atoms with Gasteiger partial charge in [-0.3, -0.25) is 0 Å². The number of nitrogens with one attached hydrogen (secondary N) is 1. The average Bonchev–Trinajstić information content (AvgIpc) is 2.69. The highest BCUT2D eigenvalue weighted by Crippen LogP contribution is 2.31. The van der Waals surface area contributed by atoms with Crippen LogP contribution in [0.3, 0.4) is 0 Å². The fourth-order valence-corrected chi connectivity index (χ4v) is 3.17. The van der Waals surface area contributed by atoms with Gasteiger partial charge in [0.05, 0.1) is 7.11 Å². The molecule has 0 amide bonds. The van der Waals surface area contributed by atoms with Crippen molar-refractivity contribution in [2.45, 2.75) is 40.3 Å². The van der Waals surface area contributed by atoms with Gasteiger partial charge >= 0.3 is 0 Å². The molecular weight excluding hydrogens is 336 g/mol. The van der Waals surface area contributed by atoms with Gasteiger partial charge in [0.1, 0.15) is 6.61 Å². The highest BCUT2D eigenvalue weighted by molar-refractivity contribution is 5.46. The molecular formula is C23H34N2O2. The minimum absolute atomic E-state index is 0.539. The van der Waals surface area contributed by atoms with Crippen LogP contribution >= 0.6 is 0 Å². The second-order valence-corrected chi connectivity index (χ2v) is 6.78. The second-order valence-electron chi connectivity index (χ2n) is 6.78. The van der Waals surface area contributed by atoms with Crippen molar-refractivity contribution < 1.29 is 9.47 Å². The Morgan fingerprint density at radius 3 is 2.52 bits per heavy atom. The third kappa shape index (κ3) is 6.89. The molecule has 2 aromatic carbocycles. The fourth-order valence-electron chi connectivity index (χ4n) is 3.17. The van der Waals surface area contributed by atoms with E-state index in [1.165, 1.54) is 11.1 Å². The molecule has 4 heteroatoms. The summed E-state index contributed by atoms with van der Waals surface area (Å²) in [6.45, 7) is 12.2. The van der Waals surface area contributed by atoms with Crippen LogP contribution in [0.5, 0.6) is 11.5 Å². The molecule has 0 fully saturated rings. The Labute approximate surface area is 164 Å². The van der Waals surface area contributed by atoms with Crippen LogP contribution in [0.2, 0.25) is 0 Å². The monoisotopic (exact) mass is 370 g/mol. The van der Waals surface area contributed by atoms with Gasteiger partial charge in [0.2, 0.25) is 0 Å². The van der Waals surface area contributed by atoms with E-state index in [-0.39, 0.29) is 0 Å². The molecule has 4 nitrogen and oxygen atoms in total. The zero-order valence-electron chi connectivity index (χ0n) is 17.3. The summed E-state index contributed by atoms with van der Waals surface area (Å²) in [6, 6.07) is 14.5. The molecule has 0 unspecified atom stereocenters. The van der Waals surface area contributed by atoms with Crippen molar-refractivity contribution in [1.29, 1.82) is 0 Å². The second kappa shape index (κ2) is 11.6. The number of hydrogen-bond donors (Lipinski definition) is 1. The van der Waals surface area contributed by atoms with Crippen LogP contribution < -0.4 is 14.8 Å². The standard InChI is InChI=1S/C23H34N2O2/c1-5-25(6-2)15-9-14-24-17-21-12-8-13-22(26-4)23(21)27-18-20-11-7-10-19(3)16-20/h7-8,10-13,16,24H,5-6,9,14-15,17-18H2,1-4H3. The van der Waals surface area contributed by atoms with E-state index >= 15 is 0 Å². The SMILES string of the molecule is CCN(CC)CCCNCc1cccc(OC)c1OCc1cccc(C)c1. The van der Waals surface area contributed by atoms with E-state index in [9.17, 15) is 0 Å². The topological polar surface area (TPSA) is 33.7 Å².